The molecule has 0 aliphatic rings. The number of rotatable bonds is 12. The number of amides is 1. The van der Waals surface area contributed by atoms with Gasteiger partial charge in [0, 0.05) is 12.2 Å². The van der Waals surface area contributed by atoms with E-state index < -0.39 is 0 Å². The molecule has 0 saturated carbocycles. The third-order valence-electron chi connectivity index (χ3n) is 3.27. The zero-order chi connectivity index (χ0) is 16.0. The van der Waals surface area contributed by atoms with Gasteiger partial charge in [-0.15, -0.1) is 6.58 Å². The molecule has 0 heterocycles. The lowest BCUT2D eigenvalue weighted by molar-refractivity contribution is -0.119. The number of benzene rings is 1. The van der Waals surface area contributed by atoms with Crippen molar-refractivity contribution in [2.75, 3.05) is 25.0 Å². The summed E-state index contributed by atoms with van der Waals surface area (Å²) >= 11 is 0. The Balaban J connectivity index is 2.19. The van der Waals surface area contributed by atoms with Crippen molar-refractivity contribution in [1.29, 1.82) is 0 Å². The number of carbonyl (C=O) groups excluding carboxylic acids is 1. The molecule has 0 unspecified atom stereocenters. The summed E-state index contributed by atoms with van der Waals surface area (Å²) in [6.07, 6.45) is 7.85. The lowest BCUT2D eigenvalue weighted by Gasteiger charge is -2.09. The van der Waals surface area contributed by atoms with E-state index in [4.69, 9.17) is 4.74 Å². The summed E-state index contributed by atoms with van der Waals surface area (Å²) in [6, 6.07) is 7.70. The van der Waals surface area contributed by atoms with Gasteiger partial charge < -0.3 is 15.4 Å². The molecule has 1 amide bonds. The molecule has 0 fully saturated rings. The van der Waals surface area contributed by atoms with Crippen molar-refractivity contribution in [2.45, 2.75) is 39.0 Å². The van der Waals surface area contributed by atoms with Gasteiger partial charge in [-0.3, -0.25) is 4.79 Å². The SMILES string of the molecule is C=CCNC(=O)CNc1ccc(OCCCCCCC)cc1. The minimum absolute atomic E-state index is 0.0488. The standard InChI is InChI=1S/C18H28N2O2/c1-3-5-6-7-8-14-22-17-11-9-16(10-12-17)20-15-18(21)19-13-4-2/h4,9-12,20H,2-3,5-8,13-15H2,1H3,(H,19,21). The molecule has 122 valence electrons. The molecule has 0 spiro atoms. The zero-order valence-electron chi connectivity index (χ0n) is 13.6. The fourth-order valence-corrected chi connectivity index (χ4v) is 2.00. The third kappa shape index (κ3) is 8.35. The zero-order valence-corrected chi connectivity index (χ0v) is 13.6. The normalized spacial score (nSPS) is 10.0. The summed E-state index contributed by atoms with van der Waals surface area (Å²) in [6.45, 7) is 7.29. The van der Waals surface area contributed by atoms with Gasteiger partial charge in [-0.1, -0.05) is 38.7 Å². The maximum atomic E-state index is 11.4. The molecule has 1 aromatic carbocycles. The maximum absolute atomic E-state index is 11.4. The van der Waals surface area contributed by atoms with Crippen LogP contribution in [0.4, 0.5) is 5.69 Å². The highest BCUT2D eigenvalue weighted by Gasteiger charge is 2.00. The summed E-state index contributed by atoms with van der Waals surface area (Å²) in [4.78, 5) is 11.4. The number of hydrogen-bond acceptors (Lipinski definition) is 3. The first kappa shape index (κ1) is 18.1. The van der Waals surface area contributed by atoms with Crippen LogP contribution in [0.1, 0.15) is 39.0 Å². The molecule has 1 rings (SSSR count). The highest BCUT2D eigenvalue weighted by Crippen LogP contribution is 2.16. The van der Waals surface area contributed by atoms with Crippen molar-refractivity contribution in [3.8, 4) is 5.75 Å². The van der Waals surface area contributed by atoms with Crippen LogP contribution in [0.5, 0.6) is 5.75 Å². The van der Waals surface area contributed by atoms with E-state index in [1.54, 1.807) is 6.08 Å². The second-order valence-corrected chi connectivity index (χ2v) is 5.23. The van der Waals surface area contributed by atoms with E-state index in [1.165, 1.54) is 25.7 Å². The van der Waals surface area contributed by atoms with Gasteiger partial charge in [0.2, 0.25) is 5.91 Å². The van der Waals surface area contributed by atoms with Gasteiger partial charge in [0.25, 0.3) is 0 Å². The first-order chi connectivity index (χ1) is 10.8. The largest absolute Gasteiger partial charge is 0.494 e. The smallest absolute Gasteiger partial charge is 0.239 e. The number of carbonyl (C=O) groups is 1. The van der Waals surface area contributed by atoms with Crippen LogP contribution in [0, 0.1) is 0 Å². The van der Waals surface area contributed by atoms with Crippen LogP contribution in [-0.2, 0) is 4.79 Å². The van der Waals surface area contributed by atoms with Crippen molar-refractivity contribution >= 4 is 11.6 Å². The van der Waals surface area contributed by atoms with E-state index in [-0.39, 0.29) is 12.5 Å². The van der Waals surface area contributed by atoms with Gasteiger partial charge in [-0.25, -0.2) is 0 Å². The lowest BCUT2D eigenvalue weighted by atomic mass is 10.2. The molecule has 0 aliphatic carbocycles. The van der Waals surface area contributed by atoms with E-state index in [9.17, 15) is 4.79 Å². The Labute approximate surface area is 133 Å². The van der Waals surface area contributed by atoms with Crippen LogP contribution < -0.4 is 15.4 Å². The molecule has 0 aromatic heterocycles. The molecule has 4 nitrogen and oxygen atoms in total. The maximum Gasteiger partial charge on any atom is 0.239 e. The summed E-state index contributed by atoms with van der Waals surface area (Å²) in [7, 11) is 0. The molecule has 22 heavy (non-hydrogen) atoms. The molecule has 0 saturated heterocycles. The van der Waals surface area contributed by atoms with Gasteiger partial charge in [0.15, 0.2) is 0 Å². The predicted octanol–water partition coefficient (Wildman–Crippen LogP) is 3.75. The van der Waals surface area contributed by atoms with Crippen LogP contribution >= 0.6 is 0 Å². The molecule has 1 aromatic rings. The Kier molecular flexibility index (Phi) is 9.59. The molecular formula is C18H28N2O2. The van der Waals surface area contributed by atoms with Gasteiger partial charge >= 0.3 is 0 Å². The average Bonchev–Trinajstić information content (AvgIpc) is 2.55. The van der Waals surface area contributed by atoms with Crippen molar-refractivity contribution in [3.05, 3.63) is 36.9 Å². The summed E-state index contributed by atoms with van der Waals surface area (Å²) in [5.74, 6) is 0.824. The quantitative estimate of drug-likeness (QED) is 0.457. The highest BCUT2D eigenvalue weighted by atomic mass is 16.5. The van der Waals surface area contributed by atoms with E-state index in [1.807, 2.05) is 24.3 Å². The molecule has 0 aliphatic heterocycles. The topological polar surface area (TPSA) is 50.4 Å². The lowest BCUT2D eigenvalue weighted by Crippen LogP contribution is -2.29. The number of unbranched alkanes of at least 4 members (excludes halogenated alkanes) is 4. The Hall–Kier alpha value is -1.97. The first-order valence-electron chi connectivity index (χ1n) is 8.10. The van der Waals surface area contributed by atoms with Crippen LogP contribution in [0.25, 0.3) is 0 Å². The molecular weight excluding hydrogens is 276 g/mol. The summed E-state index contributed by atoms with van der Waals surface area (Å²) < 4.78 is 5.70. The Morgan fingerprint density at radius 3 is 2.59 bits per heavy atom. The number of hydrogen-bond donors (Lipinski definition) is 2. The van der Waals surface area contributed by atoms with Crippen molar-refractivity contribution in [2.24, 2.45) is 0 Å². The Morgan fingerprint density at radius 2 is 1.91 bits per heavy atom. The molecule has 2 N–H and O–H groups in total. The van der Waals surface area contributed by atoms with Gasteiger partial charge in [-0.2, -0.15) is 0 Å². The number of ether oxygens (including phenoxy) is 1. The summed E-state index contributed by atoms with van der Waals surface area (Å²) in [5.41, 5.74) is 0.907. The average molecular weight is 304 g/mol. The van der Waals surface area contributed by atoms with Crippen molar-refractivity contribution < 1.29 is 9.53 Å². The minimum atomic E-state index is -0.0488. The summed E-state index contributed by atoms with van der Waals surface area (Å²) in [5, 5.41) is 5.79. The van der Waals surface area contributed by atoms with E-state index in [0.29, 0.717) is 6.54 Å². The molecule has 0 bridgehead atoms. The first-order valence-corrected chi connectivity index (χ1v) is 8.10. The monoisotopic (exact) mass is 304 g/mol. The Bertz CT molecular complexity index is 429. The van der Waals surface area contributed by atoms with E-state index >= 15 is 0 Å². The second kappa shape index (κ2) is 11.7. The van der Waals surface area contributed by atoms with E-state index in [0.717, 1.165) is 24.5 Å². The molecule has 0 radical (unpaired) electrons. The molecule has 4 heteroatoms. The van der Waals surface area contributed by atoms with Gasteiger partial charge in [0.05, 0.1) is 13.2 Å². The van der Waals surface area contributed by atoms with Gasteiger partial charge in [-0.05, 0) is 30.7 Å². The number of nitrogens with one attached hydrogen (secondary N) is 2. The fourth-order valence-electron chi connectivity index (χ4n) is 2.00. The second-order valence-electron chi connectivity index (χ2n) is 5.23. The van der Waals surface area contributed by atoms with E-state index in [2.05, 4.69) is 24.1 Å². The molecule has 0 atom stereocenters. The van der Waals surface area contributed by atoms with Crippen LogP contribution in [0.2, 0.25) is 0 Å². The number of anilines is 1. The Morgan fingerprint density at radius 1 is 1.18 bits per heavy atom. The third-order valence-corrected chi connectivity index (χ3v) is 3.27. The van der Waals surface area contributed by atoms with Crippen LogP contribution in [-0.4, -0.2) is 25.6 Å². The van der Waals surface area contributed by atoms with Crippen molar-refractivity contribution in [3.63, 3.8) is 0 Å². The minimum Gasteiger partial charge on any atom is -0.494 e. The highest BCUT2D eigenvalue weighted by molar-refractivity contribution is 5.80. The van der Waals surface area contributed by atoms with Crippen molar-refractivity contribution in [1.82, 2.24) is 5.32 Å². The fraction of sp³-hybridized carbons (Fsp3) is 0.500. The van der Waals surface area contributed by atoms with Gasteiger partial charge in [0.1, 0.15) is 5.75 Å². The van der Waals surface area contributed by atoms with Crippen LogP contribution in [0.3, 0.4) is 0 Å². The van der Waals surface area contributed by atoms with Crippen LogP contribution in [0.15, 0.2) is 36.9 Å². The predicted molar refractivity (Wildman–Crippen MR) is 92.4 cm³/mol.